The van der Waals surface area contributed by atoms with Crippen LogP contribution >= 0.6 is 11.8 Å². The summed E-state index contributed by atoms with van der Waals surface area (Å²) in [4.78, 5) is 24.0. The van der Waals surface area contributed by atoms with Gasteiger partial charge in [0.15, 0.2) is 0 Å². The number of hydrogen-bond acceptors (Lipinski definition) is 3. The van der Waals surface area contributed by atoms with Crippen molar-refractivity contribution in [2.24, 2.45) is 0 Å². The quantitative estimate of drug-likeness (QED) is 0.818. The molecular formula is C17H17FN2O2S. The van der Waals surface area contributed by atoms with Gasteiger partial charge in [0.1, 0.15) is 5.82 Å². The average molecular weight is 332 g/mol. The molecule has 6 heteroatoms. The third-order valence-corrected chi connectivity index (χ3v) is 3.96. The van der Waals surface area contributed by atoms with Crippen LogP contribution in [0.3, 0.4) is 0 Å². The van der Waals surface area contributed by atoms with E-state index in [0.29, 0.717) is 5.69 Å². The highest BCUT2D eigenvalue weighted by Gasteiger charge is 2.08. The minimum Gasteiger partial charge on any atom is -0.325 e. The van der Waals surface area contributed by atoms with E-state index in [1.54, 1.807) is 0 Å². The molecule has 0 atom stereocenters. The molecule has 0 bridgehead atoms. The number of benzene rings is 2. The maximum absolute atomic E-state index is 13.5. The van der Waals surface area contributed by atoms with Gasteiger partial charge in [-0.25, -0.2) is 4.39 Å². The van der Waals surface area contributed by atoms with Gasteiger partial charge in [-0.15, -0.1) is 11.8 Å². The van der Waals surface area contributed by atoms with E-state index in [1.807, 2.05) is 31.2 Å². The number of hydrogen-bond donors (Lipinski definition) is 2. The highest BCUT2D eigenvalue weighted by Crippen LogP contribution is 2.21. The number of nitrogens with one attached hydrogen (secondary N) is 2. The van der Waals surface area contributed by atoms with E-state index in [4.69, 9.17) is 0 Å². The van der Waals surface area contributed by atoms with Gasteiger partial charge in [-0.3, -0.25) is 9.59 Å². The van der Waals surface area contributed by atoms with Crippen molar-refractivity contribution in [3.63, 3.8) is 0 Å². The molecule has 0 spiro atoms. The van der Waals surface area contributed by atoms with Gasteiger partial charge in [0.2, 0.25) is 11.8 Å². The van der Waals surface area contributed by atoms with Crippen LogP contribution < -0.4 is 10.6 Å². The van der Waals surface area contributed by atoms with E-state index in [1.165, 1.54) is 36.9 Å². The van der Waals surface area contributed by atoms with Crippen LogP contribution in [0.15, 0.2) is 47.4 Å². The Labute approximate surface area is 138 Å². The van der Waals surface area contributed by atoms with Crippen molar-refractivity contribution < 1.29 is 14.0 Å². The molecule has 0 aromatic heterocycles. The highest BCUT2D eigenvalue weighted by atomic mass is 32.2. The van der Waals surface area contributed by atoms with Crippen LogP contribution in [0.1, 0.15) is 12.5 Å². The maximum Gasteiger partial charge on any atom is 0.234 e. The Hall–Kier alpha value is -2.34. The van der Waals surface area contributed by atoms with Crippen molar-refractivity contribution in [1.82, 2.24) is 0 Å². The molecule has 0 fully saturated rings. The second-order valence-electron chi connectivity index (χ2n) is 5.03. The molecule has 0 radical (unpaired) electrons. The number of halogens is 1. The topological polar surface area (TPSA) is 58.2 Å². The summed E-state index contributed by atoms with van der Waals surface area (Å²) in [5.41, 5.74) is 1.64. The molecule has 2 aromatic rings. The summed E-state index contributed by atoms with van der Waals surface area (Å²) in [6.45, 7) is 3.30. The zero-order valence-corrected chi connectivity index (χ0v) is 13.7. The fraction of sp³-hybridized carbons (Fsp3) is 0.176. The Balaban J connectivity index is 1.94. The average Bonchev–Trinajstić information content (AvgIpc) is 2.49. The van der Waals surface area contributed by atoms with E-state index in [9.17, 15) is 14.0 Å². The van der Waals surface area contributed by atoms with Gasteiger partial charge in [-0.1, -0.05) is 17.7 Å². The first-order valence-electron chi connectivity index (χ1n) is 7.00. The molecule has 23 heavy (non-hydrogen) atoms. The van der Waals surface area contributed by atoms with E-state index in [2.05, 4.69) is 10.6 Å². The molecule has 0 heterocycles. The highest BCUT2D eigenvalue weighted by molar-refractivity contribution is 8.00. The van der Waals surface area contributed by atoms with Gasteiger partial charge in [0.05, 0.1) is 11.4 Å². The SMILES string of the molecule is CC(=O)Nc1cc(NC(=O)CSc2ccc(C)cc2)ccc1F. The monoisotopic (exact) mass is 332 g/mol. The third-order valence-electron chi connectivity index (χ3n) is 2.95. The number of thioether (sulfide) groups is 1. The van der Waals surface area contributed by atoms with Gasteiger partial charge in [0, 0.05) is 17.5 Å². The Morgan fingerprint density at radius 2 is 1.78 bits per heavy atom. The summed E-state index contributed by atoms with van der Waals surface area (Å²) in [7, 11) is 0. The van der Waals surface area contributed by atoms with Gasteiger partial charge >= 0.3 is 0 Å². The predicted octanol–water partition coefficient (Wildman–Crippen LogP) is 3.82. The molecule has 2 aromatic carbocycles. The third kappa shape index (κ3) is 5.41. The molecule has 0 aliphatic heterocycles. The number of amides is 2. The first kappa shape index (κ1) is 17.0. The Morgan fingerprint density at radius 3 is 2.43 bits per heavy atom. The predicted molar refractivity (Wildman–Crippen MR) is 91.2 cm³/mol. The zero-order chi connectivity index (χ0) is 16.8. The lowest BCUT2D eigenvalue weighted by Gasteiger charge is -2.09. The number of rotatable bonds is 5. The zero-order valence-electron chi connectivity index (χ0n) is 12.9. The summed E-state index contributed by atoms with van der Waals surface area (Å²) in [6, 6.07) is 11.9. The van der Waals surface area contributed by atoms with Crippen molar-refractivity contribution in [2.45, 2.75) is 18.7 Å². The molecule has 4 nitrogen and oxygen atoms in total. The molecule has 2 N–H and O–H groups in total. The molecule has 2 amide bonds. The van der Waals surface area contributed by atoms with E-state index < -0.39 is 5.82 Å². The van der Waals surface area contributed by atoms with Crippen molar-refractivity contribution in [3.05, 3.63) is 53.8 Å². The summed E-state index contributed by atoms with van der Waals surface area (Å²) >= 11 is 1.42. The van der Waals surface area contributed by atoms with Crippen LogP contribution in [-0.4, -0.2) is 17.6 Å². The fourth-order valence-electron chi connectivity index (χ4n) is 1.87. The van der Waals surface area contributed by atoms with Crippen LogP contribution in [0.25, 0.3) is 0 Å². The van der Waals surface area contributed by atoms with E-state index in [-0.39, 0.29) is 23.3 Å². The van der Waals surface area contributed by atoms with Crippen molar-refractivity contribution in [2.75, 3.05) is 16.4 Å². The molecule has 0 aliphatic rings. The molecule has 0 saturated carbocycles. The minimum absolute atomic E-state index is 0.0430. The summed E-state index contributed by atoms with van der Waals surface area (Å²) in [5, 5.41) is 5.07. The number of anilines is 2. The summed E-state index contributed by atoms with van der Waals surface area (Å²) < 4.78 is 13.5. The van der Waals surface area contributed by atoms with Crippen molar-refractivity contribution >= 4 is 35.0 Å². The van der Waals surface area contributed by atoms with Crippen LogP contribution in [0, 0.1) is 12.7 Å². The van der Waals surface area contributed by atoms with Crippen LogP contribution in [0.2, 0.25) is 0 Å². The van der Waals surface area contributed by atoms with Crippen molar-refractivity contribution in [1.29, 1.82) is 0 Å². The lowest BCUT2D eigenvalue weighted by molar-refractivity contribution is -0.114. The van der Waals surface area contributed by atoms with Gasteiger partial charge in [-0.05, 0) is 37.3 Å². The molecular weight excluding hydrogens is 315 g/mol. The van der Waals surface area contributed by atoms with Gasteiger partial charge < -0.3 is 10.6 Å². The normalized spacial score (nSPS) is 10.2. The van der Waals surface area contributed by atoms with Crippen LogP contribution in [-0.2, 0) is 9.59 Å². The Morgan fingerprint density at radius 1 is 1.09 bits per heavy atom. The molecule has 2 rings (SSSR count). The number of carbonyl (C=O) groups is 2. The second kappa shape index (κ2) is 7.78. The van der Waals surface area contributed by atoms with Gasteiger partial charge in [0.25, 0.3) is 0 Å². The molecule has 0 unspecified atom stereocenters. The molecule has 0 saturated heterocycles. The summed E-state index contributed by atoms with van der Waals surface area (Å²) in [5.74, 6) is -0.874. The maximum atomic E-state index is 13.5. The minimum atomic E-state index is -0.549. The lowest BCUT2D eigenvalue weighted by Crippen LogP contribution is -2.15. The lowest BCUT2D eigenvalue weighted by atomic mass is 10.2. The Bertz CT molecular complexity index is 717. The standard InChI is InChI=1S/C17H17FN2O2S/c1-11-3-6-14(7-4-11)23-10-17(22)20-13-5-8-15(18)16(9-13)19-12(2)21/h3-9H,10H2,1-2H3,(H,19,21)(H,20,22). The first-order chi connectivity index (χ1) is 10.9. The first-order valence-corrected chi connectivity index (χ1v) is 7.99. The molecule has 120 valence electrons. The fourth-order valence-corrected chi connectivity index (χ4v) is 2.57. The number of aryl methyl sites for hydroxylation is 1. The van der Waals surface area contributed by atoms with E-state index in [0.717, 1.165) is 10.5 Å². The second-order valence-corrected chi connectivity index (χ2v) is 6.07. The Kier molecular flexibility index (Phi) is 5.76. The van der Waals surface area contributed by atoms with Crippen LogP contribution in [0.4, 0.5) is 15.8 Å². The molecule has 0 aliphatic carbocycles. The summed E-state index contributed by atoms with van der Waals surface area (Å²) in [6.07, 6.45) is 0. The number of carbonyl (C=O) groups excluding carboxylic acids is 2. The van der Waals surface area contributed by atoms with E-state index >= 15 is 0 Å². The van der Waals surface area contributed by atoms with Crippen molar-refractivity contribution in [3.8, 4) is 0 Å². The largest absolute Gasteiger partial charge is 0.325 e. The smallest absolute Gasteiger partial charge is 0.234 e. The van der Waals surface area contributed by atoms with Crippen LogP contribution in [0.5, 0.6) is 0 Å². The van der Waals surface area contributed by atoms with Gasteiger partial charge in [-0.2, -0.15) is 0 Å².